The van der Waals surface area contributed by atoms with E-state index in [1.165, 1.54) is 19.4 Å². The highest BCUT2D eigenvalue weighted by Crippen LogP contribution is 2.20. The predicted octanol–water partition coefficient (Wildman–Crippen LogP) is 2.42. The molecule has 1 N–H and O–H groups in total. The van der Waals surface area contributed by atoms with Crippen LogP contribution in [-0.4, -0.2) is 13.1 Å². The summed E-state index contributed by atoms with van der Waals surface area (Å²) in [5, 5.41) is 11.7. The standard InChI is InChI=1S/C11H9BrN2O2/c1-16-11(15)4-5-14-10-3-2-9(12)6-8(10)7-13/h2-6,14H,1H3/b5-4+. The van der Waals surface area contributed by atoms with Crippen molar-refractivity contribution in [2.45, 2.75) is 0 Å². The van der Waals surface area contributed by atoms with Crippen LogP contribution in [0.3, 0.4) is 0 Å². The molecule has 0 aliphatic carbocycles. The average molecular weight is 281 g/mol. The molecular formula is C11H9BrN2O2. The van der Waals surface area contributed by atoms with E-state index in [4.69, 9.17) is 5.26 Å². The van der Waals surface area contributed by atoms with Gasteiger partial charge in [0.05, 0.1) is 18.4 Å². The quantitative estimate of drug-likeness (QED) is 0.682. The summed E-state index contributed by atoms with van der Waals surface area (Å²) < 4.78 is 5.25. The predicted molar refractivity (Wildman–Crippen MR) is 63.6 cm³/mol. The van der Waals surface area contributed by atoms with Gasteiger partial charge in [-0.05, 0) is 18.2 Å². The Bertz CT molecular complexity index is 464. The minimum absolute atomic E-state index is 0.455. The summed E-state index contributed by atoms with van der Waals surface area (Å²) in [6.45, 7) is 0. The maximum Gasteiger partial charge on any atom is 0.331 e. The van der Waals surface area contributed by atoms with E-state index in [9.17, 15) is 4.79 Å². The number of benzene rings is 1. The smallest absolute Gasteiger partial charge is 0.331 e. The molecule has 0 unspecified atom stereocenters. The lowest BCUT2D eigenvalue weighted by Gasteiger charge is -2.03. The van der Waals surface area contributed by atoms with Gasteiger partial charge in [0.2, 0.25) is 0 Å². The highest BCUT2D eigenvalue weighted by molar-refractivity contribution is 9.10. The Kier molecular flexibility index (Phi) is 4.55. The number of anilines is 1. The molecule has 0 bridgehead atoms. The number of halogens is 1. The Labute approximate surface area is 102 Å². The van der Waals surface area contributed by atoms with Crippen molar-refractivity contribution in [1.82, 2.24) is 0 Å². The Balaban J connectivity index is 2.79. The van der Waals surface area contributed by atoms with E-state index < -0.39 is 5.97 Å². The van der Waals surface area contributed by atoms with E-state index in [1.54, 1.807) is 18.2 Å². The number of carbonyl (C=O) groups is 1. The van der Waals surface area contributed by atoms with Crippen molar-refractivity contribution in [1.29, 1.82) is 5.26 Å². The molecule has 0 aliphatic rings. The van der Waals surface area contributed by atoms with Crippen molar-refractivity contribution in [3.05, 3.63) is 40.5 Å². The molecule has 16 heavy (non-hydrogen) atoms. The second-order valence-electron chi connectivity index (χ2n) is 2.80. The lowest BCUT2D eigenvalue weighted by atomic mass is 10.2. The molecule has 0 spiro atoms. The lowest BCUT2D eigenvalue weighted by Crippen LogP contribution is -1.97. The number of esters is 1. The van der Waals surface area contributed by atoms with Gasteiger partial charge < -0.3 is 10.1 Å². The molecule has 0 atom stereocenters. The summed E-state index contributed by atoms with van der Waals surface area (Å²) in [6.07, 6.45) is 2.67. The fraction of sp³-hybridized carbons (Fsp3) is 0.0909. The summed E-state index contributed by atoms with van der Waals surface area (Å²) >= 11 is 3.27. The largest absolute Gasteiger partial charge is 0.466 e. The first-order valence-electron chi connectivity index (χ1n) is 4.38. The van der Waals surface area contributed by atoms with Gasteiger partial charge >= 0.3 is 5.97 Å². The van der Waals surface area contributed by atoms with Crippen molar-refractivity contribution < 1.29 is 9.53 Å². The van der Waals surface area contributed by atoms with Crippen LogP contribution >= 0.6 is 15.9 Å². The van der Waals surface area contributed by atoms with Crippen LogP contribution in [-0.2, 0) is 9.53 Å². The first-order valence-corrected chi connectivity index (χ1v) is 5.17. The molecule has 4 nitrogen and oxygen atoms in total. The SMILES string of the molecule is COC(=O)/C=C/Nc1ccc(Br)cc1C#N. The van der Waals surface area contributed by atoms with Gasteiger partial charge in [-0.25, -0.2) is 4.79 Å². The summed E-state index contributed by atoms with van der Waals surface area (Å²) in [5.41, 5.74) is 1.12. The minimum Gasteiger partial charge on any atom is -0.466 e. The van der Waals surface area contributed by atoms with E-state index in [2.05, 4.69) is 26.0 Å². The fourth-order valence-electron chi connectivity index (χ4n) is 1.00. The molecule has 0 saturated heterocycles. The van der Waals surface area contributed by atoms with Gasteiger partial charge in [0.25, 0.3) is 0 Å². The van der Waals surface area contributed by atoms with Crippen LogP contribution in [0.2, 0.25) is 0 Å². The van der Waals surface area contributed by atoms with Crippen LogP contribution in [0.5, 0.6) is 0 Å². The van der Waals surface area contributed by atoms with Gasteiger partial charge in [-0.3, -0.25) is 0 Å². The van der Waals surface area contributed by atoms with Gasteiger partial charge in [0, 0.05) is 16.7 Å². The summed E-state index contributed by atoms with van der Waals surface area (Å²) in [4.78, 5) is 10.8. The highest BCUT2D eigenvalue weighted by Gasteiger charge is 2.00. The molecule has 1 aromatic carbocycles. The van der Waals surface area contributed by atoms with Crippen molar-refractivity contribution in [2.24, 2.45) is 0 Å². The number of nitrogens with zero attached hydrogens (tertiary/aromatic N) is 1. The minimum atomic E-state index is -0.455. The molecule has 0 heterocycles. The lowest BCUT2D eigenvalue weighted by molar-refractivity contribution is -0.134. The third-order valence-electron chi connectivity index (χ3n) is 1.76. The van der Waals surface area contributed by atoms with Crippen LogP contribution < -0.4 is 5.32 Å². The molecule has 82 valence electrons. The number of nitrogens with one attached hydrogen (secondary N) is 1. The van der Waals surface area contributed by atoms with E-state index >= 15 is 0 Å². The maximum absolute atomic E-state index is 10.8. The van der Waals surface area contributed by atoms with Crippen molar-refractivity contribution in [3.63, 3.8) is 0 Å². The second-order valence-corrected chi connectivity index (χ2v) is 3.72. The number of rotatable bonds is 3. The third kappa shape index (κ3) is 3.41. The van der Waals surface area contributed by atoms with Crippen LogP contribution in [0.25, 0.3) is 0 Å². The first kappa shape index (κ1) is 12.3. The number of ether oxygens (including phenoxy) is 1. The van der Waals surface area contributed by atoms with E-state index in [1.807, 2.05) is 6.07 Å². The first-order chi connectivity index (χ1) is 7.67. The molecule has 0 fully saturated rings. The topological polar surface area (TPSA) is 62.1 Å². The normalized spacial score (nSPS) is 9.81. The maximum atomic E-state index is 10.8. The zero-order valence-electron chi connectivity index (χ0n) is 8.53. The number of nitriles is 1. The molecule has 0 aliphatic heterocycles. The summed E-state index contributed by atoms with van der Waals surface area (Å²) in [7, 11) is 1.30. The van der Waals surface area contributed by atoms with Crippen molar-refractivity contribution >= 4 is 27.6 Å². The molecule has 1 rings (SSSR count). The fourth-order valence-corrected chi connectivity index (χ4v) is 1.36. The van der Waals surface area contributed by atoms with Crippen molar-refractivity contribution in [2.75, 3.05) is 12.4 Å². The molecule has 0 radical (unpaired) electrons. The highest BCUT2D eigenvalue weighted by atomic mass is 79.9. The van der Waals surface area contributed by atoms with E-state index in [-0.39, 0.29) is 0 Å². The van der Waals surface area contributed by atoms with Crippen LogP contribution in [0.4, 0.5) is 5.69 Å². The second kappa shape index (κ2) is 5.93. The van der Waals surface area contributed by atoms with Crippen LogP contribution in [0.1, 0.15) is 5.56 Å². The number of hydrogen-bond donors (Lipinski definition) is 1. The Morgan fingerprint density at radius 2 is 2.38 bits per heavy atom. The van der Waals surface area contributed by atoms with Gasteiger partial charge in [0.15, 0.2) is 0 Å². The summed E-state index contributed by atoms with van der Waals surface area (Å²) in [6, 6.07) is 7.28. The van der Waals surface area contributed by atoms with Crippen molar-refractivity contribution in [3.8, 4) is 6.07 Å². The molecular weight excluding hydrogens is 272 g/mol. The number of carbonyl (C=O) groups excluding carboxylic acids is 1. The van der Waals surface area contributed by atoms with Gasteiger partial charge in [-0.2, -0.15) is 5.26 Å². The summed E-state index contributed by atoms with van der Waals surface area (Å²) in [5.74, 6) is -0.455. The molecule has 0 aromatic heterocycles. The molecule has 0 saturated carbocycles. The van der Waals surface area contributed by atoms with E-state index in [0.29, 0.717) is 11.3 Å². The Morgan fingerprint density at radius 1 is 1.62 bits per heavy atom. The molecule has 5 heteroatoms. The Morgan fingerprint density at radius 3 is 3.00 bits per heavy atom. The monoisotopic (exact) mass is 280 g/mol. The number of methoxy groups -OCH3 is 1. The van der Waals surface area contributed by atoms with Crippen LogP contribution in [0.15, 0.2) is 34.9 Å². The zero-order chi connectivity index (χ0) is 12.0. The third-order valence-corrected chi connectivity index (χ3v) is 2.25. The van der Waals surface area contributed by atoms with Crippen LogP contribution in [0, 0.1) is 11.3 Å². The Hall–Kier alpha value is -1.80. The van der Waals surface area contributed by atoms with Gasteiger partial charge in [-0.15, -0.1) is 0 Å². The molecule has 1 aromatic rings. The molecule has 0 amide bonds. The van der Waals surface area contributed by atoms with Gasteiger partial charge in [0.1, 0.15) is 6.07 Å². The zero-order valence-corrected chi connectivity index (χ0v) is 10.1. The average Bonchev–Trinajstić information content (AvgIpc) is 2.30. The van der Waals surface area contributed by atoms with E-state index in [0.717, 1.165) is 4.47 Å². The number of hydrogen-bond acceptors (Lipinski definition) is 4. The van der Waals surface area contributed by atoms with Gasteiger partial charge in [-0.1, -0.05) is 15.9 Å².